The van der Waals surface area contributed by atoms with Crippen LogP contribution in [-0.4, -0.2) is 11.1 Å². The fourth-order valence-electron chi connectivity index (χ4n) is 0.937. The standard InChI is InChI=1S/C9H9NO2S/c1-6(9(11)12)4-7-2-3-8(5-10)13-7/h2-3,6H,4H2,1H3,(H,11,12). The van der Waals surface area contributed by atoms with Gasteiger partial charge in [-0.1, -0.05) is 6.92 Å². The van der Waals surface area contributed by atoms with E-state index < -0.39 is 5.97 Å². The summed E-state index contributed by atoms with van der Waals surface area (Å²) in [4.78, 5) is 12.1. The third-order valence-electron chi connectivity index (χ3n) is 1.70. The molecular formula is C9H9NO2S. The van der Waals surface area contributed by atoms with Crippen LogP contribution in [0.4, 0.5) is 0 Å². The molecule has 0 saturated heterocycles. The van der Waals surface area contributed by atoms with E-state index >= 15 is 0 Å². The lowest BCUT2D eigenvalue weighted by Crippen LogP contribution is -2.11. The highest BCUT2D eigenvalue weighted by molar-refractivity contribution is 7.12. The third kappa shape index (κ3) is 2.56. The number of carboxylic acid groups (broad SMARTS) is 1. The monoisotopic (exact) mass is 195 g/mol. The van der Waals surface area contributed by atoms with Crippen LogP contribution in [-0.2, 0) is 11.2 Å². The predicted molar refractivity (Wildman–Crippen MR) is 49.5 cm³/mol. The smallest absolute Gasteiger partial charge is 0.306 e. The molecule has 0 spiro atoms. The van der Waals surface area contributed by atoms with Crippen LogP contribution in [0.15, 0.2) is 12.1 Å². The van der Waals surface area contributed by atoms with Gasteiger partial charge in [0.2, 0.25) is 0 Å². The molecule has 68 valence electrons. The Hall–Kier alpha value is -1.34. The molecule has 1 aromatic heterocycles. The first kappa shape index (κ1) is 9.75. The van der Waals surface area contributed by atoms with Gasteiger partial charge >= 0.3 is 5.97 Å². The quantitative estimate of drug-likeness (QED) is 0.801. The van der Waals surface area contributed by atoms with Crippen molar-refractivity contribution in [3.05, 3.63) is 21.9 Å². The van der Waals surface area contributed by atoms with E-state index in [4.69, 9.17) is 10.4 Å². The second-order valence-corrected chi connectivity index (χ2v) is 3.99. The van der Waals surface area contributed by atoms with Crippen molar-refractivity contribution in [1.29, 1.82) is 5.26 Å². The van der Waals surface area contributed by atoms with E-state index in [1.54, 1.807) is 13.0 Å². The Bertz CT molecular complexity index is 351. The third-order valence-corrected chi connectivity index (χ3v) is 2.71. The second kappa shape index (κ2) is 4.06. The average molecular weight is 195 g/mol. The maximum atomic E-state index is 10.5. The molecule has 0 radical (unpaired) electrons. The SMILES string of the molecule is CC(Cc1ccc(C#N)s1)C(=O)O. The summed E-state index contributed by atoms with van der Waals surface area (Å²) in [6.07, 6.45) is 0.502. The molecule has 1 aromatic rings. The zero-order chi connectivity index (χ0) is 9.84. The van der Waals surface area contributed by atoms with Crippen LogP contribution in [0.25, 0.3) is 0 Å². The van der Waals surface area contributed by atoms with Gasteiger partial charge in [0.15, 0.2) is 0 Å². The maximum Gasteiger partial charge on any atom is 0.306 e. The molecule has 1 atom stereocenters. The van der Waals surface area contributed by atoms with Crippen molar-refractivity contribution in [2.45, 2.75) is 13.3 Å². The van der Waals surface area contributed by atoms with Crippen LogP contribution in [0.3, 0.4) is 0 Å². The molecule has 0 fully saturated rings. The van der Waals surface area contributed by atoms with Crippen molar-refractivity contribution in [3.63, 3.8) is 0 Å². The Balaban J connectivity index is 2.65. The lowest BCUT2D eigenvalue weighted by molar-refractivity contribution is -0.141. The van der Waals surface area contributed by atoms with E-state index in [0.717, 1.165) is 4.88 Å². The van der Waals surface area contributed by atoms with Crippen molar-refractivity contribution in [3.8, 4) is 6.07 Å². The molecule has 0 aliphatic heterocycles. The minimum atomic E-state index is -0.799. The van der Waals surface area contributed by atoms with Crippen LogP contribution >= 0.6 is 11.3 Å². The highest BCUT2D eigenvalue weighted by Gasteiger charge is 2.12. The van der Waals surface area contributed by atoms with E-state index in [0.29, 0.717) is 11.3 Å². The minimum Gasteiger partial charge on any atom is -0.481 e. The number of hydrogen-bond donors (Lipinski definition) is 1. The molecule has 0 aliphatic rings. The molecule has 0 amide bonds. The molecule has 0 bridgehead atoms. The summed E-state index contributed by atoms with van der Waals surface area (Å²) < 4.78 is 0. The van der Waals surface area contributed by atoms with Gasteiger partial charge in [-0.05, 0) is 18.6 Å². The molecule has 0 aromatic carbocycles. The number of carbonyl (C=O) groups is 1. The van der Waals surface area contributed by atoms with Gasteiger partial charge in [-0.3, -0.25) is 4.79 Å². The van der Waals surface area contributed by atoms with E-state index in [9.17, 15) is 4.79 Å². The summed E-state index contributed by atoms with van der Waals surface area (Å²) in [5.74, 6) is -1.18. The summed E-state index contributed by atoms with van der Waals surface area (Å²) in [5, 5.41) is 17.2. The highest BCUT2D eigenvalue weighted by atomic mass is 32.1. The summed E-state index contributed by atoms with van der Waals surface area (Å²) >= 11 is 1.35. The number of hydrogen-bond acceptors (Lipinski definition) is 3. The summed E-state index contributed by atoms with van der Waals surface area (Å²) in [6.45, 7) is 1.66. The van der Waals surface area contributed by atoms with Crippen LogP contribution in [0.2, 0.25) is 0 Å². The molecule has 1 rings (SSSR count). The normalized spacial score (nSPS) is 12.0. The lowest BCUT2D eigenvalue weighted by atomic mass is 10.1. The number of nitrogens with zero attached hydrogens (tertiary/aromatic N) is 1. The van der Waals surface area contributed by atoms with E-state index in [-0.39, 0.29) is 5.92 Å². The van der Waals surface area contributed by atoms with Crippen molar-refractivity contribution in [2.24, 2.45) is 5.92 Å². The molecule has 1 unspecified atom stereocenters. The largest absolute Gasteiger partial charge is 0.481 e. The van der Waals surface area contributed by atoms with Crippen LogP contribution < -0.4 is 0 Å². The van der Waals surface area contributed by atoms with Gasteiger partial charge in [0.05, 0.1) is 5.92 Å². The molecule has 1 N–H and O–H groups in total. The fraction of sp³-hybridized carbons (Fsp3) is 0.333. The first-order valence-corrected chi connectivity index (χ1v) is 4.66. The van der Waals surface area contributed by atoms with Crippen molar-refractivity contribution < 1.29 is 9.90 Å². The average Bonchev–Trinajstić information content (AvgIpc) is 2.52. The van der Waals surface area contributed by atoms with Crippen molar-refractivity contribution >= 4 is 17.3 Å². The predicted octanol–water partition coefficient (Wildman–Crippen LogP) is 1.88. The number of thiophene rings is 1. The Morgan fingerprint density at radius 3 is 2.92 bits per heavy atom. The first-order chi connectivity index (χ1) is 6.13. The number of carboxylic acids is 1. The van der Waals surface area contributed by atoms with E-state index in [1.165, 1.54) is 11.3 Å². The van der Waals surface area contributed by atoms with Gasteiger partial charge in [-0.2, -0.15) is 5.26 Å². The maximum absolute atomic E-state index is 10.5. The van der Waals surface area contributed by atoms with Gasteiger partial charge in [0, 0.05) is 4.88 Å². The number of nitriles is 1. The van der Waals surface area contributed by atoms with Crippen molar-refractivity contribution in [2.75, 3.05) is 0 Å². The Labute approximate surface area is 80.2 Å². The number of aliphatic carboxylic acids is 1. The Morgan fingerprint density at radius 2 is 2.46 bits per heavy atom. The molecule has 1 heterocycles. The van der Waals surface area contributed by atoms with E-state index in [2.05, 4.69) is 0 Å². The molecule has 3 nitrogen and oxygen atoms in total. The zero-order valence-corrected chi connectivity index (χ0v) is 7.97. The first-order valence-electron chi connectivity index (χ1n) is 3.85. The fourth-order valence-corrected chi connectivity index (χ4v) is 1.87. The van der Waals surface area contributed by atoms with Gasteiger partial charge in [0.25, 0.3) is 0 Å². The summed E-state index contributed by atoms with van der Waals surface area (Å²) in [5.41, 5.74) is 0. The molecule has 0 aliphatic carbocycles. The Morgan fingerprint density at radius 1 is 1.77 bits per heavy atom. The molecule has 0 saturated carbocycles. The molecule has 4 heteroatoms. The molecular weight excluding hydrogens is 186 g/mol. The summed E-state index contributed by atoms with van der Waals surface area (Å²) in [7, 11) is 0. The van der Waals surface area contributed by atoms with Crippen molar-refractivity contribution in [1.82, 2.24) is 0 Å². The summed E-state index contributed by atoms with van der Waals surface area (Å²) in [6, 6.07) is 5.55. The highest BCUT2D eigenvalue weighted by Crippen LogP contribution is 2.18. The zero-order valence-electron chi connectivity index (χ0n) is 7.15. The van der Waals surface area contributed by atoms with Gasteiger partial charge in [0.1, 0.15) is 10.9 Å². The van der Waals surface area contributed by atoms with Gasteiger partial charge in [-0.25, -0.2) is 0 Å². The topological polar surface area (TPSA) is 61.1 Å². The lowest BCUT2D eigenvalue weighted by Gasteiger charge is -2.01. The van der Waals surface area contributed by atoms with Crippen LogP contribution in [0.5, 0.6) is 0 Å². The van der Waals surface area contributed by atoms with Crippen LogP contribution in [0.1, 0.15) is 16.7 Å². The Kier molecular flexibility index (Phi) is 3.04. The van der Waals surface area contributed by atoms with Gasteiger partial charge < -0.3 is 5.11 Å². The second-order valence-electron chi connectivity index (χ2n) is 2.82. The minimum absolute atomic E-state index is 0.384. The number of rotatable bonds is 3. The van der Waals surface area contributed by atoms with E-state index in [1.807, 2.05) is 12.1 Å². The molecule has 13 heavy (non-hydrogen) atoms. The van der Waals surface area contributed by atoms with Gasteiger partial charge in [-0.15, -0.1) is 11.3 Å². The van der Waals surface area contributed by atoms with Crippen LogP contribution in [0, 0.1) is 17.2 Å².